The van der Waals surface area contributed by atoms with Crippen molar-refractivity contribution in [3.05, 3.63) is 17.3 Å². The number of primary amides is 1. The maximum atomic E-state index is 13.4. The number of anilines is 1. The van der Waals surface area contributed by atoms with Crippen molar-refractivity contribution in [3.8, 4) is 0 Å². The Bertz CT molecular complexity index is 442. The lowest BCUT2D eigenvalue weighted by Gasteiger charge is -2.18. The van der Waals surface area contributed by atoms with Gasteiger partial charge in [-0.25, -0.2) is 9.37 Å². The first-order chi connectivity index (χ1) is 8.08. The molecule has 1 aromatic heterocycles. The molecule has 17 heavy (non-hydrogen) atoms. The molecule has 0 spiro atoms. The average Bonchev–Trinajstić information content (AvgIpc) is 2.71. The minimum absolute atomic E-state index is 0.0168. The highest BCUT2D eigenvalue weighted by atomic mass is 35.5. The first-order valence-corrected chi connectivity index (χ1v) is 5.69. The van der Waals surface area contributed by atoms with E-state index in [4.69, 9.17) is 17.3 Å². The second-order valence-electron chi connectivity index (χ2n) is 4.03. The maximum Gasteiger partial charge on any atom is 0.224 e. The number of aromatic nitrogens is 2. The van der Waals surface area contributed by atoms with Crippen LogP contribution in [0.5, 0.6) is 0 Å². The fraction of sp³-hybridized carbons (Fsp3) is 0.500. The Morgan fingerprint density at radius 3 is 3.06 bits per heavy atom. The van der Waals surface area contributed by atoms with E-state index in [0.29, 0.717) is 6.42 Å². The van der Waals surface area contributed by atoms with Gasteiger partial charge in [-0.3, -0.25) is 4.79 Å². The van der Waals surface area contributed by atoms with E-state index in [1.165, 1.54) is 0 Å². The molecule has 0 aromatic carbocycles. The smallest absolute Gasteiger partial charge is 0.224 e. The van der Waals surface area contributed by atoms with E-state index in [2.05, 4.69) is 15.3 Å². The van der Waals surface area contributed by atoms with Crippen LogP contribution in [0.3, 0.4) is 0 Å². The summed E-state index contributed by atoms with van der Waals surface area (Å²) in [5.41, 5.74) is 5.28. The number of rotatable bonds is 3. The third kappa shape index (κ3) is 2.63. The first-order valence-electron chi connectivity index (χ1n) is 5.32. The van der Waals surface area contributed by atoms with E-state index in [1.54, 1.807) is 0 Å². The molecule has 0 unspecified atom stereocenters. The zero-order chi connectivity index (χ0) is 12.4. The van der Waals surface area contributed by atoms with Gasteiger partial charge >= 0.3 is 0 Å². The van der Waals surface area contributed by atoms with Crippen molar-refractivity contribution in [1.82, 2.24) is 9.97 Å². The molecule has 0 bridgehead atoms. The minimum atomic E-state index is -0.593. The molecule has 0 radical (unpaired) electrons. The molecule has 1 amide bonds. The molecule has 1 aromatic rings. The molecule has 1 aliphatic rings. The lowest BCUT2D eigenvalue weighted by atomic mass is 10.0. The third-order valence-electron chi connectivity index (χ3n) is 2.92. The standard InChI is InChI=1S/C10H12ClFN4O/c11-10-14-4-6(12)9(16-10)15-7-3-1-2-5(7)8(13)17/h4-5,7H,1-3H2,(H2,13,17)(H,14,15,16)/t5-,7+/m0/s1. The van der Waals surface area contributed by atoms with Crippen molar-refractivity contribution in [3.63, 3.8) is 0 Å². The summed E-state index contributed by atoms with van der Waals surface area (Å²) >= 11 is 5.58. The van der Waals surface area contributed by atoms with Crippen molar-refractivity contribution < 1.29 is 9.18 Å². The largest absolute Gasteiger partial charge is 0.369 e. The number of amides is 1. The van der Waals surface area contributed by atoms with E-state index < -0.39 is 5.82 Å². The van der Waals surface area contributed by atoms with Crippen molar-refractivity contribution in [2.24, 2.45) is 11.7 Å². The summed E-state index contributed by atoms with van der Waals surface area (Å²) in [6.07, 6.45) is 3.35. The second-order valence-corrected chi connectivity index (χ2v) is 4.36. The quantitative estimate of drug-likeness (QED) is 0.802. The normalized spacial score (nSPS) is 23.6. The molecule has 0 aliphatic heterocycles. The summed E-state index contributed by atoms with van der Waals surface area (Å²) in [5, 5.41) is 2.83. The third-order valence-corrected chi connectivity index (χ3v) is 3.10. The number of nitrogens with two attached hydrogens (primary N) is 1. The highest BCUT2D eigenvalue weighted by molar-refractivity contribution is 6.28. The van der Waals surface area contributed by atoms with Gasteiger partial charge in [0.05, 0.1) is 12.1 Å². The van der Waals surface area contributed by atoms with Crippen molar-refractivity contribution >= 4 is 23.3 Å². The predicted octanol–water partition coefficient (Wildman–Crippen LogP) is 1.33. The van der Waals surface area contributed by atoms with Crippen LogP contribution in [0.15, 0.2) is 6.20 Å². The zero-order valence-corrected chi connectivity index (χ0v) is 9.75. The molecule has 1 fully saturated rings. The van der Waals surface area contributed by atoms with Crippen LogP contribution in [-0.4, -0.2) is 21.9 Å². The molecule has 0 saturated heterocycles. The van der Waals surface area contributed by atoms with Gasteiger partial charge in [0.25, 0.3) is 0 Å². The van der Waals surface area contributed by atoms with E-state index >= 15 is 0 Å². The molecule has 2 atom stereocenters. The maximum absolute atomic E-state index is 13.4. The Morgan fingerprint density at radius 2 is 2.35 bits per heavy atom. The van der Waals surface area contributed by atoms with E-state index in [1.807, 2.05) is 0 Å². The molecule has 2 rings (SSSR count). The number of carbonyl (C=O) groups excluding carboxylic acids is 1. The van der Waals surface area contributed by atoms with Crippen LogP contribution in [0, 0.1) is 11.7 Å². The van der Waals surface area contributed by atoms with Gasteiger partial charge in [0.1, 0.15) is 0 Å². The molecule has 5 nitrogen and oxygen atoms in total. The van der Waals surface area contributed by atoms with Crippen LogP contribution >= 0.6 is 11.6 Å². The highest BCUT2D eigenvalue weighted by Crippen LogP contribution is 2.28. The molecule has 1 aliphatic carbocycles. The van der Waals surface area contributed by atoms with Crippen LogP contribution in [0.1, 0.15) is 19.3 Å². The topological polar surface area (TPSA) is 80.9 Å². The minimum Gasteiger partial charge on any atom is -0.369 e. The summed E-state index contributed by atoms with van der Waals surface area (Å²) in [6.45, 7) is 0. The molecule has 1 heterocycles. The van der Waals surface area contributed by atoms with Gasteiger partial charge in [-0.05, 0) is 24.4 Å². The Labute approximate surface area is 103 Å². The van der Waals surface area contributed by atoms with Gasteiger partial charge in [-0.1, -0.05) is 6.42 Å². The van der Waals surface area contributed by atoms with Gasteiger partial charge in [-0.15, -0.1) is 0 Å². The van der Waals surface area contributed by atoms with Gasteiger partial charge in [0.2, 0.25) is 11.2 Å². The summed E-state index contributed by atoms with van der Waals surface area (Å²) < 4.78 is 13.4. The Balaban J connectivity index is 2.15. The van der Waals surface area contributed by atoms with Crippen LogP contribution in [0.2, 0.25) is 5.28 Å². The van der Waals surface area contributed by atoms with Crippen LogP contribution in [0.4, 0.5) is 10.2 Å². The number of hydrogen-bond acceptors (Lipinski definition) is 4. The van der Waals surface area contributed by atoms with Crippen LogP contribution < -0.4 is 11.1 Å². The highest BCUT2D eigenvalue weighted by Gasteiger charge is 2.32. The number of hydrogen-bond donors (Lipinski definition) is 2. The fourth-order valence-electron chi connectivity index (χ4n) is 2.10. The van der Waals surface area contributed by atoms with E-state index in [0.717, 1.165) is 19.0 Å². The van der Waals surface area contributed by atoms with Gasteiger partial charge in [0, 0.05) is 6.04 Å². The predicted molar refractivity (Wildman–Crippen MR) is 60.9 cm³/mol. The van der Waals surface area contributed by atoms with Crippen molar-refractivity contribution in [2.45, 2.75) is 25.3 Å². The molecule has 3 N–H and O–H groups in total. The summed E-state index contributed by atoms with van der Waals surface area (Å²) in [6, 6.07) is -0.187. The Hall–Kier alpha value is -1.43. The number of nitrogens with one attached hydrogen (secondary N) is 1. The van der Waals surface area contributed by atoms with E-state index in [9.17, 15) is 9.18 Å². The monoisotopic (exact) mass is 258 g/mol. The number of carbonyl (C=O) groups is 1. The lowest BCUT2D eigenvalue weighted by molar-refractivity contribution is -0.121. The van der Waals surface area contributed by atoms with E-state index in [-0.39, 0.29) is 29.0 Å². The van der Waals surface area contributed by atoms with Gasteiger partial charge < -0.3 is 11.1 Å². The van der Waals surface area contributed by atoms with Crippen molar-refractivity contribution in [1.29, 1.82) is 0 Å². The zero-order valence-electron chi connectivity index (χ0n) is 8.99. The Kier molecular flexibility index (Phi) is 3.42. The summed E-state index contributed by atoms with van der Waals surface area (Å²) in [4.78, 5) is 18.4. The SMILES string of the molecule is NC(=O)[C@H]1CCC[C@H]1Nc1nc(Cl)ncc1F. The molecular weight excluding hydrogens is 247 g/mol. The van der Waals surface area contributed by atoms with Gasteiger partial charge in [0.15, 0.2) is 11.6 Å². The molecular formula is C10H12ClFN4O. The van der Waals surface area contributed by atoms with Crippen molar-refractivity contribution in [2.75, 3.05) is 5.32 Å². The molecule has 92 valence electrons. The van der Waals surface area contributed by atoms with Crippen LogP contribution in [-0.2, 0) is 4.79 Å². The molecule has 1 saturated carbocycles. The lowest BCUT2D eigenvalue weighted by Crippen LogP contribution is -2.34. The average molecular weight is 259 g/mol. The summed E-state index contributed by atoms with van der Waals surface area (Å²) in [5.74, 6) is -1.24. The van der Waals surface area contributed by atoms with Crippen LogP contribution in [0.25, 0.3) is 0 Å². The van der Waals surface area contributed by atoms with Gasteiger partial charge in [-0.2, -0.15) is 4.98 Å². The molecule has 7 heteroatoms. The fourth-order valence-corrected chi connectivity index (χ4v) is 2.23. The Morgan fingerprint density at radius 1 is 1.59 bits per heavy atom. The summed E-state index contributed by atoms with van der Waals surface area (Å²) in [7, 11) is 0. The number of nitrogens with zero attached hydrogens (tertiary/aromatic N) is 2. The number of halogens is 2. The first kappa shape index (κ1) is 12.0. The second kappa shape index (κ2) is 4.83.